The van der Waals surface area contributed by atoms with Crippen LogP contribution in [0, 0.1) is 13.8 Å². The highest BCUT2D eigenvalue weighted by atomic mass is 35.5. The fraction of sp³-hybridized carbons (Fsp3) is 0.263. The maximum absolute atomic E-state index is 12.0. The molecule has 0 atom stereocenters. The van der Waals surface area contributed by atoms with Gasteiger partial charge in [0.15, 0.2) is 6.61 Å². The van der Waals surface area contributed by atoms with E-state index in [0.717, 1.165) is 11.1 Å². The van der Waals surface area contributed by atoms with E-state index in [-0.39, 0.29) is 12.5 Å². The Labute approximate surface area is 151 Å². The van der Waals surface area contributed by atoms with Crippen molar-refractivity contribution >= 4 is 23.5 Å². The number of nitrogens with one attached hydrogen (secondary N) is 1. The average molecular weight is 362 g/mol. The van der Waals surface area contributed by atoms with Gasteiger partial charge in [-0.05, 0) is 50.2 Å². The van der Waals surface area contributed by atoms with Crippen molar-refractivity contribution in [1.29, 1.82) is 0 Å². The molecule has 0 aliphatic rings. The lowest BCUT2D eigenvalue weighted by molar-refractivity contribution is -0.124. The molecule has 132 valence electrons. The van der Waals surface area contributed by atoms with Gasteiger partial charge in [-0.15, -0.1) is 0 Å². The van der Waals surface area contributed by atoms with Crippen LogP contribution < -0.4 is 10.1 Å². The Balaban J connectivity index is 1.68. The van der Waals surface area contributed by atoms with E-state index < -0.39 is 5.97 Å². The van der Waals surface area contributed by atoms with Crippen molar-refractivity contribution in [2.24, 2.45) is 0 Å². The van der Waals surface area contributed by atoms with Crippen LogP contribution in [-0.2, 0) is 9.53 Å². The van der Waals surface area contributed by atoms with E-state index in [9.17, 15) is 9.59 Å². The highest BCUT2D eigenvalue weighted by Gasteiger charge is 2.10. The zero-order valence-electron chi connectivity index (χ0n) is 14.2. The first-order valence-electron chi connectivity index (χ1n) is 7.84. The number of hydrogen-bond donors (Lipinski definition) is 1. The van der Waals surface area contributed by atoms with Gasteiger partial charge in [0.05, 0.1) is 12.1 Å². The van der Waals surface area contributed by atoms with Crippen LogP contribution in [0.3, 0.4) is 0 Å². The number of hydrogen-bond acceptors (Lipinski definition) is 4. The SMILES string of the molecule is Cc1cc(C)cc(C(=O)OCC(=O)NCCOc2ccc(Cl)cc2)c1. The Bertz CT molecular complexity index is 723. The number of benzene rings is 2. The summed E-state index contributed by atoms with van der Waals surface area (Å²) in [6, 6.07) is 12.4. The molecule has 5 nitrogen and oxygen atoms in total. The molecular weight excluding hydrogens is 342 g/mol. The van der Waals surface area contributed by atoms with Crippen molar-refractivity contribution in [3.05, 3.63) is 64.2 Å². The number of halogens is 1. The molecule has 0 radical (unpaired) electrons. The summed E-state index contributed by atoms with van der Waals surface area (Å²) in [4.78, 5) is 23.7. The molecule has 0 saturated heterocycles. The largest absolute Gasteiger partial charge is 0.492 e. The van der Waals surface area contributed by atoms with E-state index >= 15 is 0 Å². The Morgan fingerprint density at radius 2 is 1.68 bits per heavy atom. The van der Waals surface area contributed by atoms with Gasteiger partial charge in [-0.25, -0.2) is 4.79 Å². The molecular formula is C19H20ClNO4. The third kappa shape index (κ3) is 6.47. The molecule has 0 aliphatic heterocycles. The molecule has 25 heavy (non-hydrogen) atoms. The van der Waals surface area contributed by atoms with Gasteiger partial charge >= 0.3 is 5.97 Å². The molecule has 0 heterocycles. The first-order chi connectivity index (χ1) is 11.9. The van der Waals surface area contributed by atoms with Gasteiger partial charge in [0, 0.05) is 5.02 Å². The van der Waals surface area contributed by atoms with Gasteiger partial charge in [-0.3, -0.25) is 4.79 Å². The summed E-state index contributed by atoms with van der Waals surface area (Å²) in [6.07, 6.45) is 0. The fourth-order valence-electron chi connectivity index (χ4n) is 2.25. The molecule has 6 heteroatoms. The zero-order valence-corrected chi connectivity index (χ0v) is 14.9. The summed E-state index contributed by atoms with van der Waals surface area (Å²) in [5.74, 6) is -0.225. The minimum absolute atomic E-state index is 0.304. The van der Waals surface area contributed by atoms with Crippen LogP contribution in [0.2, 0.25) is 5.02 Å². The van der Waals surface area contributed by atoms with Gasteiger partial charge in [0.2, 0.25) is 0 Å². The molecule has 0 saturated carbocycles. The average Bonchev–Trinajstić information content (AvgIpc) is 2.57. The molecule has 0 aromatic heterocycles. The summed E-state index contributed by atoms with van der Waals surface area (Å²) in [6.45, 7) is 4.09. The van der Waals surface area contributed by atoms with E-state index in [1.54, 1.807) is 36.4 Å². The van der Waals surface area contributed by atoms with Crippen molar-refractivity contribution in [3.8, 4) is 5.75 Å². The Morgan fingerprint density at radius 1 is 1.04 bits per heavy atom. The summed E-state index contributed by atoms with van der Waals surface area (Å²) in [5.41, 5.74) is 2.38. The number of rotatable bonds is 7. The first-order valence-corrected chi connectivity index (χ1v) is 8.22. The number of esters is 1. The minimum atomic E-state index is -0.514. The second-order valence-corrected chi connectivity index (χ2v) is 6.04. The van der Waals surface area contributed by atoms with Crippen LogP contribution in [0.15, 0.2) is 42.5 Å². The van der Waals surface area contributed by atoms with Gasteiger partial charge in [0.25, 0.3) is 5.91 Å². The molecule has 0 fully saturated rings. The lowest BCUT2D eigenvalue weighted by Crippen LogP contribution is -2.32. The molecule has 0 unspecified atom stereocenters. The normalized spacial score (nSPS) is 10.2. The topological polar surface area (TPSA) is 64.6 Å². The van der Waals surface area contributed by atoms with Gasteiger partial charge in [-0.2, -0.15) is 0 Å². The van der Waals surface area contributed by atoms with E-state index in [2.05, 4.69) is 5.32 Å². The van der Waals surface area contributed by atoms with E-state index in [1.165, 1.54) is 0 Å². The second-order valence-electron chi connectivity index (χ2n) is 5.60. The number of ether oxygens (including phenoxy) is 2. The summed E-state index contributed by atoms with van der Waals surface area (Å²) in [7, 11) is 0. The quantitative estimate of drug-likeness (QED) is 0.607. The second kappa shape index (κ2) is 9.08. The van der Waals surface area contributed by atoms with E-state index in [0.29, 0.717) is 29.5 Å². The van der Waals surface area contributed by atoms with Crippen LogP contribution in [0.5, 0.6) is 5.75 Å². The Kier molecular flexibility index (Phi) is 6.83. The van der Waals surface area contributed by atoms with Crippen molar-refractivity contribution < 1.29 is 19.1 Å². The van der Waals surface area contributed by atoms with Crippen LogP contribution in [0.4, 0.5) is 0 Å². The van der Waals surface area contributed by atoms with Crippen molar-refractivity contribution in [2.45, 2.75) is 13.8 Å². The summed E-state index contributed by atoms with van der Waals surface area (Å²) < 4.78 is 10.5. The predicted octanol–water partition coefficient (Wildman–Crippen LogP) is 3.31. The van der Waals surface area contributed by atoms with E-state index in [4.69, 9.17) is 21.1 Å². The first kappa shape index (κ1) is 18.8. The van der Waals surface area contributed by atoms with Gasteiger partial charge in [-0.1, -0.05) is 28.8 Å². The molecule has 0 bridgehead atoms. The maximum atomic E-state index is 12.0. The molecule has 2 aromatic carbocycles. The standard InChI is InChI=1S/C19H20ClNO4/c1-13-9-14(2)11-15(10-13)19(23)25-12-18(22)21-7-8-24-17-5-3-16(20)4-6-17/h3-6,9-11H,7-8,12H2,1-2H3,(H,21,22). The van der Waals surface area contributed by atoms with Gasteiger partial charge < -0.3 is 14.8 Å². The Morgan fingerprint density at radius 3 is 2.32 bits per heavy atom. The van der Waals surface area contributed by atoms with Gasteiger partial charge in [0.1, 0.15) is 12.4 Å². The summed E-state index contributed by atoms with van der Waals surface area (Å²) in [5, 5.41) is 3.26. The summed E-state index contributed by atoms with van der Waals surface area (Å²) >= 11 is 5.78. The smallest absolute Gasteiger partial charge is 0.338 e. The number of aryl methyl sites for hydroxylation is 2. The van der Waals surface area contributed by atoms with Crippen LogP contribution in [0.1, 0.15) is 21.5 Å². The monoisotopic (exact) mass is 361 g/mol. The van der Waals surface area contributed by atoms with E-state index in [1.807, 2.05) is 19.9 Å². The van der Waals surface area contributed by atoms with Crippen molar-refractivity contribution in [2.75, 3.05) is 19.8 Å². The van der Waals surface area contributed by atoms with Crippen LogP contribution in [0.25, 0.3) is 0 Å². The number of carbonyl (C=O) groups excluding carboxylic acids is 2. The zero-order chi connectivity index (χ0) is 18.2. The lowest BCUT2D eigenvalue weighted by Gasteiger charge is -2.09. The number of carbonyl (C=O) groups is 2. The molecule has 0 aliphatic carbocycles. The molecule has 0 spiro atoms. The third-order valence-electron chi connectivity index (χ3n) is 3.30. The molecule has 1 amide bonds. The molecule has 2 rings (SSSR count). The maximum Gasteiger partial charge on any atom is 0.338 e. The molecule has 2 aromatic rings. The fourth-order valence-corrected chi connectivity index (χ4v) is 2.37. The van der Waals surface area contributed by atoms with Crippen LogP contribution >= 0.6 is 11.6 Å². The highest BCUT2D eigenvalue weighted by molar-refractivity contribution is 6.30. The molecule has 1 N–H and O–H groups in total. The van der Waals surface area contributed by atoms with Crippen LogP contribution in [-0.4, -0.2) is 31.6 Å². The minimum Gasteiger partial charge on any atom is -0.492 e. The predicted molar refractivity (Wildman–Crippen MR) is 96.2 cm³/mol. The van der Waals surface area contributed by atoms with Crippen molar-refractivity contribution in [1.82, 2.24) is 5.32 Å². The third-order valence-corrected chi connectivity index (χ3v) is 3.55. The highest BCUT2D eigenvalue weighted by Crippen LogP contribution is 2.15. The Hall–Kier alpha value is -2.53. The lowest BCUT2D eigenvalue weighted by atomic mass is 10.1. The number of amides is 1. The van der Waals surface area contributed by atoms with Crippen molar-refractivity contribution in [3.63, 3.8) is 0 Å².